The highest BCUT2D eigenvalue weighted by molar-refractivity contribution is 5.85. The number of aryl methyl sites for hydroxylation is 4. The number of carbonyl (C=O) groups is 1. The predicted octanol–water partition coefficient (Wildman–Crippen LogP) is 3.43. The van der Waals surface area contributed by atoms with Gasteiger partial charge in [0, 0.05) is 29.6 Å². The first-order valence-corrected chi connectivity index (χ1v) is 6.28. The van der Waals surface area contributed by atoms with Crippen molar-refractivity contribution in [3.05, 3.63) is 35.0 Å². The minimum atomic E-state index is -0.726. The van der Waals surface area contributed by atoms with Crippen molar-refractivity contribution < 1.29 is 9.90 Å². The van der Waals surface area contributed by atoms with Crippen LogP contribution in [0.25, 0.3) is 10.9 Å². The summed E-state index contributed by atoms with van der Waals surface area (Å²) >= 11 is 0. The third-order valence-electron chi connectivity index (χ3n) is 3.60. The van der Waals surface area contributed by atoms with Crippen LogP contribution in [0, 0.1) is 20.8 Å². The number of hydrogen-bond acceptors (Lipinski definition) is 1. The van der Waals surface area contributed by atoms with Crippen LogP contribution in [0.2, 0.25) is 0 Å². The molecule has 0 unspecified atom stereocenters. The lowest BCUT2D eigenvalue weighted by Gasteiger charge is -2.08. The molecular weight excluding hydrogens is 226 g/mol. The topological polar surface area (TPSA) is 42.2 Å². The summed E-state index contributed by atoms with van der Waals surface area (Å²) in [6.07, 6.45) is 0.900. The molecule has 1 aromatic heterocycles. The summed E-state index contributed by atoms with van der Waals surface area (Å²) in [4.78, 5) is 10.6. The predicted molar refractivity (Wildman–Crippen MR) is 73.0 cm³/mol. The summed E-state index contributed by atoms with van der Waals surface area (Å²) in [6.45, 7) is 7.10. The Bertz CT molecular complexity index is 596. The van der Waals surface area contributed by atoms with E-state index < -0.39 is 5.97 Å². The summed E-state index contributed by atoms with van der Waals surface area (Å²) in [5, 5.41) is 9.98. The molecule has 1 aromatic carbocycles. The number of rotatable bonds is 4. The molecule has 1 N–H and O–H groups in total. The number of aliphatic carboxylic acids is 1. The van der Waals surface area contributed by atoms with Gasteiger partial charge in [-0.1, -0.05) is 6.07 Å². The maximum Gasteiger partial charge on any atom is 0.303 e. The van der Waals surface area contributed by atoms with Gasteiger partial charge in [-0.15, -0.1) is 0 Å². The molecule has 0 aliphatic rings. The van der Waals surface area contributed by atoms with Crippen molar-refractivity contribution in [3.63, 3.8) is 0 Å². The molecule has 0 amide bonds. The van der Waals surface area contributed by atoms with E-state index in [0.717, 1.165) is 6.54 Å². The van der Waals surface area contributed by atoms with Gasteiger partial charge >= 0.3 is 5.97 Å². The summed E-state index contributed by atoms with van der Waals surface area (Å²) in [5.41, 5.74) is 5.02. The van der Waals surface area contributed by atoms with E-state index in [0.29, 0.717) is 6.42 Å². The molecule has 96 valence electrons. The Morgan fingerprint density at radius 2 is 2.00 bits per heavy atom. The fourth-order valence-electron chi connectivity index (χ4n) is 2.40. The maximum atomic E-state index is 10.6. The molecule has 0 aliphatic carbocycles. The van der Waals surface area contributed by atoms with E-state index in [-0.39, 0.29) is 6.42 Å². The molecule has 0 bridgehead atoms. The normalized spacial score (nSPS) is 11.1. The van der Waals surface area contributed by atoms with Gasteiger partial charge in [-0.05, 0) is 50.5 Å². The van der Waals surface area contributed by atoms with Gasteiger partial charge < -0.3 is 9.67 Å². The van der Waals surface area contributed by atoms with Crippen molar-refractivity contribution in [1.82, 2.24) is 4.57 Å². The molecule has 2 rings (SSSR count). The summed E-state index contributed by atoms with van der Waals surface area (Å²) in [6, 6.07) is 6.45. The zero-order valence-electron chi connectivity index (χ0n) is 11.2. The third kappa shape index (κ3) is 2.26. The smallest absolute Gasteiger partial charge is 0.303 e. The Kier molecular flexibility index (Phi) is 3.41. The third-order valence-corrected chi connectivity index (χ3v) is 3.60. The first-order chi connectivity index (χ1) is 8.50. The maximum absolute atomic E-state index is 10.6. The van der Waals surface area contributed by atoms with Gasteiger partial charge in [0.05, 0.1) is 0 Å². The largest absolute Gasteiger partial charge is 0.481 e. The molecule has 1 heterocycles. The molecule has 0 saturated heterocycles. The van der Waals surface area contributed by atoms with Crippen molar-refractivity contribution in [2.45, 2.75) is 40.2 Å². The average molecular weight is 245 g/mol. The number of fused-ring (bicyclic) bond motifs is 1. The van der Waals surface area contributed by atoms with Crippen LogP contribution in [0.3, 0.4) is 0 Å². The minimum Gasteiger partial charge on any atom is -0.481 e. The Hall–Kier alpha value is -1.77. The van der Waals surface area contributed by atoms with Crippen molar-refractivity contribution in [3.8, 4) is 0 Å². The Morgan fingerprint density at radius 3 is 2.67 bits per heavy atom. The summed E-state index contributed by atoms with van der Waals surface area (Å²) in [5.74, 6) is -0.726. The SMILES string of the molecule is Cc1ccc2c(cc(C)n2CCCC(=O)O)c1C. The van der Waals surface area contributed by atoms with Gasteiger partial charge in [0.15, 0.2) is 0 Å². The van der Waals surface area contributed by atoms with Crippen LogP contribution in [0.1, 0.15) is 29.7 Å². The second-order valence-electron chi connectivity index (χ2n) is 4.87. The molecule has 0 atom stereocenters. The quantitative estimate of drug-likeness (QED) is 0.896. The molecule has 0 aliphatic heterocycles. The van der Waals surface area contributed by atoms with Crippen LogP contribution in [-0.4, -0.2) is 15.6 Å². The molecule has 0 spiro atoms. The highest BCUT2D eigenvalue weighted by Gasteiger charge is 2.09. The zero-order valence-corrected chi connectivity index (χ0v) is 11.2. The Morgan fingerprint density at radius 1 is 1.28 bits per heavy atom. The lowest BCUT2D eigenvalue weighted by molar-refractivity contribution is -0.137. The monoisotopic (exact) mass is 245 g/mol. The lowest BCUT2D eigenvalue weighted by Crippen LogP contribution is -2.03. The van der Waals surface area contributed by atoms with Gasteiger partial charge in [-0.25, -0.2) is 0 Å². The van der Waals surface area contributed by atoms with Crippen LogP contribution in [0.15, 0.2) is 18.2 Å². The Labute approximate surface area is 107 Å². The van der Waals surface area contributed by atoms with E-state index in [1.165, 1.54) is 27.7 Å². The standard InChI is InChI=1S/C15H19NO2/c1-10-6-7-14-13(12(10)3)9-11(2)16(14)8-4-5-15(17)18/h6-7,9H,4-5,8H2,1-3H3,(H,17,18). The number of benzene rings is 1. The highest BCUT2D eigenvalue weighted by atomic mass is 16.4. The number of hydrogen-bond donors (Lipinski definition) is 1. The van der Waals surface area contributed by atoms with E-state index in [1.807, 2.05) is 0 Å². The molecule has 18 heavy (non-hydrogen) atoms. The van der Waals surface area contributed by atoms with Crippen LogP contribution in [0.5, 0.6) is 0 Å². The molecule has 0 radical (unpaired) electrons. The zero-order chi connectivity index (χ0) is 13.3. The average Bonchev–Trinajstić information content (AvgIpc) is 2.62. The molecule has 0 fully saturated rings. The fourth-order valence-corrected chi connectivity index (χ4v) is 2.40. The van der Waals surface area contributed by atoms with Crippen molar-refractivity contribution >= 4 is 16.9 Å². The van der Waals surface area contributed by atoms with Crippen LogP contribution >= 0.6 is 0 Å². The molecule has 2 aromatic rings. The first kappa shape index (κ1) is 12.7. The highest BCUT2D eigenvalue weighted by Crippen LogP contribution is 2.25. The second kappa shape index (κ2) is 4.84. The van der Waals surface area contributed by atoms with Gasteiger partial charge in [0.1, 0.15) is 0 Å². The van der Waals surface area contributed by atoms with Crippen LogP contribution in [0.4, 0.5) is 0 Å². The van der Waals surface area contributed by atoms with Crippen molar-refractivity contribution in [1.29, 1.82) is 0 Å². The Balaban J connectivity index is 2.36. The molecule has 0 saturated carbocycles. The van der Waals surface area contributed by atoms with E-state index >= 15 is 0 Å². The first-order valence-electron chi connectivity index (χ1n) is 6.28. The number of carboxylic acids is 1. The van der Waals surface area contributed by atoms with E-state index in [1.54, 1.807) is 0 Å². The number of aromatic nitrogens is 1. The minimum absolute atomic E-state index is 0.226. The van der Waals surface area contributed by atoms with Crippen LogP contribution in [-0.2, 0) is 11.3 Å². The molecular formula is C15H19NO2. The summed E-state index contributed by atoms with van der Waals surface area (Å²) in [7, 11) is 0. The van der Waals surface area contributed by atoms with Crippen LogP contribution < -0.4 is 0 Å². The van der Waals surface area contributed by atoms with Gasteiger partial charge in [0.2, 0.25) is 0 Å². The lowest BCUT2D eigenvalue weighted by atomic mass is 10.1. The van der Waals surface area contributed by atoms with E-state index in [4.69, 9.17) is 5.11 Å². The van der Waals surface area contributed by atoms with Crippen molar-refractivity contribution in [2.24, 2.45) is 0 Å². The molecule has 3 heteroatoms. The van der Waals surface area contributed by atoms with E-state index in [9.17, 15) is 4.79 Å². The van der Waals surface area contributed by atoms with Gasteiger partial charge in [-0.2, -0.15) is 0 Å². The second-order valence-corrected chi connectivity index (χ2v) is 4.87. The molecule has 3 nitrogen and oxygen atoms in total. The van der Waals surface area contributed by atoms with Gasteiger partial charge in [0.25, 0.3) is 0 Å². The number of carboxylic acid groups (broad SMARTS) is 1. The van der Waals surface area contributed by atoms with Gasteiger partial charge in [-0.3, -0.25) is 4.79 Å². The number of nitrogens with zero attached hydrogens (tertiary/aromatic N) is 1. The van der Waals surface area contributed by atoms with Crippen molar-refractivity contribution in [2.75, 3.05) is 0 Å². The fraction of sp³-hybridized carbons (Fsp3) is 0.400. The summed E-state index contributed by atoms with van der Waals surface area (Å²) < 4.78 is 2.21. The van der Waals surface area contributed by atoms with E-state index in [2.05, 4.69) is 43.5 Å².